The van der Waals surface area contributed by atoms with Crippen LogP contribution in [0.5, 0.6) is 0 Å². The van der Waals surface area contributed by atoms with Crippen LogP contribution in [0.1, 0.15) is 22.6 Å². The Morgan fingerprint density at radius 1 is 1.26 bits per heavy atom. The van der Waals surface area contributed by atoms with Crippen LogP contribution in [-0.2, 0) is 6.42 Å². The van der Waals surface area contributed by atoms with Crippen molar-refractivity contribution in [2.24, 2.45) is 0 Å². The van der Waals surface area contributed by atoms with Crippen molar-refractivity contribution in [3.05, 3.63) is 65.5 Å². The fraction of sp³-hybridized carbons (Fsp3) is 0.333. The highest BCUT2D eigenvalue weighted by Gasteiger charge is 2.14. The first kappa shape index (κ1) is 16.9. The van der Waals surface area contributed by atoms with Crippen molar-refractivity contribution in [1.29, 1.82) is 0 Å². The van der Waals surface area contributed by atoms with Gasteiger partial charge in [0.1, 0.15) is 6.67 Å². The standard InChI is InChI=1S/C18H22FN3O/c1-14-4-2-6-16(10-14)17(11-15-5-3-8-20-12-15)13-22-18(23)21-9-7-19/h2-6,8,10,12,17H,7,9,11,13H2,1H3,(H2,21,22,23). The van der Waals surface area contributed by atoms with E-state index in [1.165, 1.54) is 11.1 Å². The zero-order chi connectivity index (χ0) is 16.5. The smallest absolute Gasteiger partial charge is 0.314 e. The van der Waals surface area contributed by atoms with Gasteiger partial charge in [-0.1, -0.05) is 35.9 Å². The molecule has 2 rings (SSSR count). The third kappa shape index (κ3) is 5.70. The van der Waals surface area contributed by atoms with Crippen molar-refractivity contribution in [3.63, 3.8) is 0 Å². The number of benzene rings is 1. The van der Waals surface area contributed by atoms with Crippen LogP contribution in [0.4, 0.5) is 9.18 Å². The molecular formula is C18H22FN3O. The first-order chi connectivity index (χ1) is 11.2. The number of alkyl halides is 1. The van der Waals surface area contributed by atoms with E-state index < -0.39 is 6.67 Å². The summed E-state index contributed by atoms with van der Waals surface area (Å²) in [5.41, 5.74) is 3.46. The lowest BCUT2D eigenvalue weighted by molar-refractivity contribution is 0.239. The molecule has 1 unspecified atom stereocenters. The van der Waals surface area contributed by atoms with Crippen LogP contribution in [0.2, 0.25) is 0 Å². The van der Waals surface area contributed by atoms with E-state index >= 15 is 0 Å². The highest BCUT2D eigenvalue weighted by Crippen LogP contribution is 2.21. The third-order valence-electron chi connectivity index (χ3n) is 3.61. The van der Waals surface area contributed by atoms with Crippen molar-refractivity contribution >= 4 is 6.03 Å². The summed E-state index contributed by atoms with van der Waals surface area (Å²) in [7, 11) is 0. The summed E-state index contributed by atoms with van der Waals surface area (Å²) in [4.78, 5) is 15.8. The predicted octanol–water partition coefficient (Wildman–Crippen LogP) is 2.99. The van der Waals surface area contributed by atoms with E-state index in [4.69, 9.17) is 0 Å². The minimum Gasteiger partial charge on any atom is -0.338 e. The molecule has 0 fully saturated rings. The number of halogens is 1. The number of nitrogens with zero attached hydrogens (tertiary/aromatic N) is 1. The summed E-state index contributed by atoms with van der Waals surface area (Å²) in [6.45, 7) is 2.00. The SMILES string of the molecule is Cc1cccc(C(CNC(=O)NCCF)Cc2cccnc2)c1. The molecule has 122 valence electrons. The number of carbonyl (C=O) groups excluding carboxylic acids is 1. The molecule has 5 heteroatoms. The summed E-state index contributed by atoms with van der Waals surface area (Å²) in [6.07, 6.45) is 4.36. The lowest BCUT2D eigenvalue weighted by Gasteiger charge is -2.19. The van der Waals surface area contributed by atoms with Crippen LogP contribution in [0.15, 0.2) is 48.8 Å². The number of hydrogen-bond donors (Lipinski definition) is 2. The lowest BCUT2D eigenvalue weighted by Crippen LogP contribution is -2.39. The molecule has 0 aliphatic rings. The second-order valence-corrected chi connectivity index (χ2v) is 5.50. The monoisotopic (exact) mass is 315 g/mol. The van der Waals surface area contributed by atoms with Crippen LogP contribution in [-0.4, -0.2) is 30.8 Å². The molecule has 0 aliphatic carbocycles. The van der Waals surface area contributed by atoms with Gasteiger partial charge in [-0.15, -0.1) is 0 Å². The second kappa shape index (κ2) is 8.88. The molecular weight excluding hydrogens is 293 g/mol. The molecule has 0 aliphatic heterocycles. The highest BCUT2D eigenvalue weighted by molar-refractivity contribution is 5.73. The van der Waals surface area contributed by atoms with Gasteiger partial charge in [-0.3, -0.25) is 4.98 Å². The number of urea groups is 1. The van der Waals surface area contributed by atoms with Gasteiger partial charge in [-0.25, -0.2) is 9.18 Å². The van der Waals surface area contributed by atoms with E-state index in [1.54, 1.807) is 6.20 Å². The number of aryl methyl sites for hydroxylation is 1. The second-order valence-electron chi connectivity index (χ2n) is 5.50. The molecule has 2 N–H and O–H groups in total. The van der Waals surface area contributed by atoms with Crippen LogP contribution in [0.3, 0.4) is 0 Å². The lowest BCUT2D eigenvalue weighted by atomic mass is 9.91. The van der Waals surface area contributed by atoms with Crippen LogP contribution in [0, 0.1) is 6.92 Å². The number of hydrogen-bond acceptors (Lipinski definition) is 2. The number of amides is 2. The summed E-state index contributed by atoms with van der Waals surface area (Å²) in [5, 5.41) is 5.30. The zero-order valence-corrected chi connectivity index (χ0v) is 13.3. The van der Waals surface area contributed by atoms with E-state index in [0.29, 0.717) is 6.54 Å². The fourth-order valence-corrected chi connectivity index (χ4v) is 2.47. The number of carbonyl (C=O) groups is 1. The quantitative estimate of drug-likeness (QED) is 0.825. The van der Waals surface area contributed by atoms with Crippen LogP contribution < -0.4 is 10.6 Å². The molecule has 0 bridgehead atoms. The van der Waals surface area contributed by atoms with Gasteiger partial charge < -0.3 is 10.6 Å². The molecule has 4 nitrogen and oxygen atoms in total. The van der Waals surface area contributed by atoms with E-state index in [-0.39, 0.29) is 18.5 Å². The van der Waals surface area contributed by atoms with Crippen molar-refractivity contribution in [2.75, 3.05) is 19.8 Å². The van der Waals surface area contributed by atoms with Crippen molar-refractivity contribution in [3.8, 4) is 0 Å². The van der Waals surface area contributed by atoms with Gasteiger partial charge in [0, 0.05) is 31.4 Å². The minimum atomic E-state index is -0.565. The summed E-state index contributed by atoms with van der Waals surface area (Å²) in [5.74, 6) is 0.134. The van der Waals surface area contributed by atoms with E-state index in [9.17, 15) is 9.18 Å². The van der Waals surface area contributed by atoms with Crippen LogP contribution >= 0.6 is 0 Å². The maximum atomic E-state index is 12.1. The Morgan fingerprint density at radius 3 is 2.83 bits per heavy atom. The molecule has 2 amide bonds. The summed E-state index contributed by atoms with van der Waals surface area (Å²) >= 11 is 0. The largest absolute Gasteiger partial charge is 0.338 e. The maximum absolute atomic E-state index is 12.1. The van der Waals surface area contributed by atoms with E-state index in [0.717, 1.165) is 12.0 Å². The zero-order valence-electron chi connectivity index (χ0n) is 13.3. The first-order valence-electron chi connectivity index (χ1n) is 7.72. The predicted molar refractivity (Wildman–Crippen MR) is 89.2 cm³/mol. The minimum absolute atomic E-state index is 0.0313. The van der Waals surface area contributed by atoms with Gasteiger partial charge in [0.25, 0.3) is 0 Å². The average Bonchev–Trinajstić information content (AvgIpc) is 2.57. The molecule has 1 heterocycles. The molecule has 1 aromatic heterocycles. The van der Waals surface area contributed by atoms with Gasteiger partial charge in [-0.2, -0.15) is 0 Å². The van der Waals surface area contributed by atoms with Gasteiger partial charge in [-0.05, 0) is 30.5 Å². The molecule has 0 radical (unpaired) electrons. The number of rotatable bonds is 7. The molecule has 1 atom stereocenters. The van der Waals surface area contributed by atoms with Crippen molar-refractivity contribution in [2.45, 2.75) is 19.3 Å². The molecule has 1 aromatic carbocycles. The summed E-state index contributed by atoms with van der Waals surface area (Å²) in [6, 6.07) is 11.8. The number of nitrogens with one attached hydrogen (secondary N) is 2. The molecule has 0 saturated carbocycles. The Bertz CT molecular complexity index is 619. The van der Waals surface area contributed by atoms with Crippen molar-refractivity contribution in [1.82, 2.24) is 15.6 Å². The number of aromatic nitrogens is 1. The van der Waals surface area contributed by atoms with Gasteiger partial charge >= 0.3 is 6.03 Å². The van der Waals surface area contributed by atoms with Gasteiger partial charge in [0.05, 0.1) is 0 Å². The molecule has 2 aromatic rings. The third-order valence-corrected chi connectivity index (χ3v) is 3.61. The highest BCUT2D eigenvalue weighted by atomic mass is 19.1. The van der Waals surface area contributed by atoms with E-state index in [2.05, 4.69) is 27.8 Å². The van der Waals surface area contributed by atoms with Crippen molar-refractivity contribution < 1.29 is 9.18 Å². The van der Waals surface area contributed by atoms with Crippen LogP contribution in [0.25, 0.3) is 0 Å². The van der Waals surface area contributed by atoms with Gasteiger partial charge in [0.2, 0.25) is 0 Å². The Hall–Kier alpha value is -2.43. The Labute approximate surface area is 136 Å². The maximum Gasteiger partial charge on any atom is 0.314 e. The fourth-order valence-electron chi connectivity index (χ4n) is 2.47. The Morgan fingerprint density at radius 2 is 2.13 bits per heavy atom. The van der Waals surface area contributed by atoms with E-state index in [1.807, 2.05) is 37.4 Å². The molecule has 23 heavy (non-hydrogen) atoms. The van der Waals surface area contributed by atoms with Gasteiger partial charge in [0.15, 0.2) is 0 Å². The molecule has 0 spiro atoms. The first-order valence-corrected chi connectivity index (χ1v) is 7.72. The Kier molecular flexibility index (Phi) is 6.54. The molecule has 0 saturated heterocycles. The summed E-state index contributed by atoms with van der Waals surface area (Å²) < 4.78 is 12.1. The number of pyridine rings is 1. The average molecular weight is 315 g/mol. The topological polar surface area (TPSA) is 54.0 Å². The Balaban J connectivity index is 2.06. The normalized spacial score (nSPS) is 11.7.